The molecule has 0 aliphatic heterocycles. The van der Waals surface area contributed by atoms with Crippen molar-refractivity contribution in [2.75, 3.05) is 27.2 Å². The predicted molar refractivity (Wildman–Crippen MR) is 67.6 cm³/mol. The molecule has 0 fully saturated rings. The molecular formula is C13H20N2O2. The lowest BCUT2D eigenvalue weighted by Crippen LogP contribution is -2.42. The third kappa shape index (κ3) is 4.17. The minimum atomic E-state index is -0.532. The van der Waals surface area contributed by atoms with Gasteiger partial charge in [0.2, 0.25) is 0 Å². The molecule has 4 nitrogen and oxygen atoms in total. The summed E-state index contributed by atoms with van der Waals surface area (Å²) in [6.07, 6.45) is 0.306. The van der Waals surface area contributed by atoms with Gasteiger partial charge in [0.05, 0.1) is 0 Å². The summed E-state index contributed by atoms with van der Waals surface area (Å²) < 4.78 is 5.02. The Morgan fingerprint density at radius 3 is 2.59 bits per heavy atom. The number of amides is 1. The summed E-state index contributed by atoms with van der Waals surface area (Å²) >= 11 is 0. The Bertz CT molecular complexity index is 337. The number of carbonyl (C=O) groups is 1. The SMILES string of the molecule is COC(CN)C(=O)N(C)CCc1ccccc1. The van der Waals surface area contributed by atoms with Crippen molar-refractivity contribution in [2.45, 2.75) is 12.5 Å². The molecule has 0 radical (unpaired) electrons. The van der Waals surface area contributed by atoms with Crippen LogP contribution in [0, 0.1) is 0 Å². The predicted octanol–water partition coefficient (Wildman–Crippen LogP) is 0.661. The van der Waals surface area contributed by atoms with Crippen molar-refractivity contribution in [3.8, 4) is 0 Å². The van der Waals surface area contributed by atoms with E-state index in [0.717, 1.165) is 6.42 Å². The molecule has 1 aromatic carbocycles. The van der Waals surface area contributed by atoms with Crippen LogP contribution in [0.1, 0.15) is 5.56 Å². The first-order valence-corrected chi connectivity index (χ1v) is 5.70. The molecule has 0 aliphatic rings. The van der Waals surface area contributed by atoms with Gasteiger partial charge in [0, 0.05) is 27.2 Å². The fourth-order valence-corrected chi connectivity index (χ4v) is 1.60. The van der Waals surface area contributed by atoms with Gasteiger partial charge in [-0.2, -0.15) is 0 Å². The second-order valence-corrected chi connectivity index (χ2v) is 3.96. The molecule has 2 N–H and O–H groups in total. The summed E-state index contributed by atoms with van der Waals surface area (Å²) in [6, 6.07) is 10.1. The van der Waals surface area contributed by atoms with Gasteiger partial charge >= 0.3 is 0 Å². The smallest absolute Gasteiger partial charge is 0.252 e. The molecule has 0 bridgehead atoms. The van der Waals surface area contributed by atoms with E-state index in [2.05, 4.69) is 12.1 Å². The fraction of sp³-hybridized carbons (Fsp3) is 0.462. The number of rotatable bonds is 6. The number of nitrogens with zero attached hydrogens (tertiary/aromatic N) is 1. The van der Waals surface area contributed by atoms with E-state index in [-0.39, 0.29) is 12.5 Å². The average Bonchev–Trinajstić information content (AvgIpc) is 2.38. The molecule has 1 amide bonds. The Morgan fingerprint density at radius 2 is 2.06 bits per heavy atom. The van der Waals surface area contributed by atoms with Crippen molar-refractivity contribution in [3.63, 3.8) is 0 Å². The highest BCUT2D eigenvalue weighted by molar-refractivity contribution is 5.80. The van der Waals surface area contributed by atoms with Gasteiger partial charge in [-0.3, -0.25) is 4.79 Å². The lowest BCUT2D eigenvalue weighted by molar-refractivity contribution is -0.139. The van der Waals surface area contributed by atoms with Crippen molar-refractivity contribution in [3.05, 3.63) is 35.9 Å². The van der Waals surface area contributed by atoms with Gasteiger partial charge in [0.25, 0.3) is 5.91 Å². The van der Waals surface area contributed by atoms with E-state index < -0.39 is 6.10 Å². The zero-order valence-electron chi connectivity index (χ0n) is 10.4. The molecule has 1 unspecified atom stereocenters. The number of methoxy groups -OCH3 is 1. The number of hydrogen-bond donors (Lipinski definition) is 1. The van der Waals surface area contributed by atoms with Gasteiger partial charge in [-0.25, -0.2) is 0 Å². The first kappa shape index (κ1) is 13.7. The largest absolute Gasteiger partial charge is 0.370 e. The number of benzene rings is 1. The Kier molecular flexibility index (Phi) is 5.66. The van der Waals surface area contributed by atoms with Crippen LogP contribution in [0.4, 0.5) is 0 Å². The standard InChI is InChI=1S/C13H20N2O2/c1-15(13(16)12(10-14)17-2)9-8-11-6-4-3-5-7-11/h3-7,12H,8-10,14H2,1-2H3. The van der Waals surface area contributed by atoms with E-state index in [9.17, 15) is 4.79 Å². The quantitative estimate of drug-likeness (QED) is 0.789. The zero-order chi connectivity index (χ0) is 12.7. The third-order valence-electron chi connectivity index (χ3n) is 2.73. The van der Waals surface area contributed by atoms with Crippen LogP contribution >= 0.6 is 0 Å². The zero-order valence-corrected chi connectivity index (χ0v) is 10.4. The van der Waals surface area contributed by atoms with E-state index in [1.165, 1.54) is 12.7 Å². The van der Waals surface area contributed by atoms with Crippen LogP contribution in [0.15, 0.2) is 30.3 Å². The number of hydrogen-bond acceptors (Lipinski definition) is 3. The third-order valence-corrected chi connectivity index (χ3v) is 2.73. The van der Waals surface area contributed by atoms with E-state index >= 15 is 0 Å². The summed E-state index contributed by atoms with van der Waals surface area (Å²) in [5.41, 5.74) is 6.67. The lowest BCUT2D eigenvalue weighted by atomic mass is 10.1. The van der Waals surface area contributed by atoms with E-state index in [1.807, 2.05) is 18.2 Å². The summed E-state index contributed by atoms with van der Waals surface area (Å²) in [7, 11) is 3.27. The van der Waals surface area contributed by atoms with Crippen molar-refractivity contribution in [1.82, 2.24) is 4.90 Å². The highest BCUT2D eigenvalue weighted by atomic mass is 16.5. The molecular weight excluding hydrogens is 216 g/mol. The molecule has 0 aromatic heterocycles. The second-order valence-electron chi connectivity index (χ2n) is 3.96. The van der Waals surface area contributed by atoms with Gasteiger partial charge in [0.1, 0.15) is 6.10 Å². The second kappa shape index (κ2) is 7.04. The van der Waals surface area contributed by atoms with Crippen LogP contribution in [0.25, 0.3) is 0 Å². The normalized spacial score (nSPS) is 12.2. The molecule has 0 heterocycles. The Morgan fingerprint density at radius 1 is 1.41 bits per heavy atom. The molecule has 1 aromatic rings. The molecule has 1 atom stereocenters. The molecule has 0 spiro atoms. The van der Waals surface area contributed by atoms with Crippen LogP contribution in [-0.4, -0.2) is 44.2 Å². The molecule has 94 valence electrons. The topological polar surface area (TPSA) is 55.6 Å². The van der Waals surface area contributed by atoms with Crippen LogP contribution in [0.5, 0.6) is 0 Å². The Hall–Kier alpha value is -1.39. The average molecular weight is 236 g/mol. The van der Waals surface area contributed by atoms with Crippen LogP contribution in [0.3, 0.4) is 0 Å². The minimum Gasteiger partial charge on any atom is -0.370 e. The lowest BCUT2D eigenvalue weighted by Gasteiger charge is -2.21. The van der Waals surface area contributed by atoms with Gasteiger partial charge < -0.3 is 15.4 Å². The maximum Gasteiger partial charge on any atom is 0.252 e. The number of carbonyl (C=O) groups excluding carboxylic acids is 1. The summed E-state index contributed by atoms with van der Waals surface area (Å²) in [6.45, 7) is 0.883. The maximum absolute atomic E-state index is 11.8. The van der Waals surface area contributed by atoms with Gasteiger partial charge in [-0.1, -0.05) is 30.3 Å². The van der Waals surface area contributed by atoms with Crippen LogP contribution in [-0.2, 0) is 16.0 Å². The first-order chi connectivity index (χ1) is 8.19. The number of likely N-dealkylation sites (N-methyl/N-ethyl adjacent to an activating group) is 1. The highest BCUT2D eigenvalue weighted by Gasteiger charge is 2.19. The van der Waals surface area contributed by atoms with Crippen molar-refractivity contribution < 1.29 is 9.53 Å². The van der Waals surface area contributed by atoms with Crippen molar-refractivity contribution in [1.29, 1.82) is 0 Å². The van der Waals surface area contributed by atoms with E-state index in [1.54, 1.807) is 11.9 Å². The molecule has 4 heteroatoms. The maximum atomic E-state index is 11.8. The van der Waals surface area contributed by atoms with Gasteiger partial charge in [-0.15, -0.1) is 0 Å². The minimum absolute atomic E-state index is 0.0640. The summed E-state index contributed by atoms with van der Waals surface area (Å²) in [4.78, 5) is 13.5. The number of nitrogens with two attached hydrogens (primary N) is 1. The van der Waals surface area contributed by atoms with Crippen LogP contribution in [0.2, 0.25) is 0 Å². The van der Waals surface area contributed by atoms with Crippen molar-refractivity contribution >= 4 is 5.91 Å². The van der Waals surface area contributed by atoms with E-state index in [0.29, 0.717) is 6.54 Å². The van der Waals surface area contributed by atoms with Gasteiger partial charge in [-0.05, 0) is 12.0 Å². The molecule has 17 heavy (non-hydrogen) atoms. The Balaban J connectivity index is 2.44. The van der Waals surface area contributed by atoms with Crippen LogP contribution < -0.4 is 5.73 Å². The van der Waals surface area contributed by atoms with Crippen molar-refractivity contribution in [2.24, 2.45) is 5.73 Å². The fourth-order valence-electron chi connectivity index (χ4n) is 1.60. The molecule has 1 rings (SSSR count). The highest BCUT2D eigenvalue weighted by Crippen LogP contribution is 2.02. The van der Waals surface area contributed by atoms with E-state index in [4.69, 9.17) is 10.5 Å². The number of ether oxygens (including phenoxy) is 1. The molecule has 0 saturated heterocycles. The van der Waals surface area contributed by atoms with Gasteiger partial charge in [0.15, 0.2) is 0 Å². The molecule has 0 saturated carbocycles. The summed E-state index contributed by atoms with van der Waals surface area (Å²) in [5.74, 6) is -0.0640. The first-order valence-electron chi connectivity index (χ1n) is 5.70. The molecule has 0 aliphatic carbocycles. The summed E-state index contributed by atoms with van der Waals surface area (Å²) in [5, 5.41) is 0. The Labute approximate surface area is 102 Å². The monoisotopic (exact) mass is 236 g/mol.